The van der Waals surface area contributed by atoms with E-state index in [1.165, 1.54) is 12.1 Å². The molecule has 25 heavy (non-hydrogen) atoms. The van der Waals surface area contributed by atoms with Gasteiger partial charge < -0.3 is 15.4 Å². The second-order valence-electron chi connectivity index (χ2n) is 5.94. The van der Waals surface area contributed by atoms with Gasteiger partial charge in [0.15, 0.2) is 0 Å². The van der Waals surface area contributed by atoms with Gasteiger partial charge in [0.05, 0.1) is 6.61 Å². The molecule has 0 radical (unpaired) electrons. The molecule has 0 fully saturated rings. The molecule has 5 heteroatoms. The van der Waals surface area contributed by atoms with Gasteiger partial charge in [-0.1, -0.05) is 25.5 Å². The van der Waals surface area contributed by atoms with Gasteiger partial charge in [-0.3, -0.25) is 0 Å². The third kappa shape index (κ3) is 6.45. The average molecular weight is 344 g/mol. The number of nitrogens with one attached hydrogen (secondary N) is 2. The normalized spacial score (nSPS) is 10.4. The largest absolute Gasteiger partial charge is 0.494 e. The smallest absolute Gasteiger partial charge is 0.319 e. The van der Waals surface area contributed by atoms with Crippen molar-refractivity contribution >= 4 is 11.7 Å². The SMILES string of the molecule is CCCCOc1ccc(NC(=O)NCCc2ccc(F)cc2)c(C)c1. The summed E-state index contributed by atoms with van der Waals surface area (Å²) in [5.74, 6) is 0.556. The fraction of sp³-hybridized carbons (Fsp3) is 0.350. The van der Waals surface area contributed by atoms with Crippen LogP contribution in [0.3, 0.4) is 0 Å². The van der Waals surface area contributed by atoms with E-state index >= 15 is 0 Å². The lowest BCUT2D eigenvalue weighted by Gasteiger charge is -2.12. The number of anilines is 1. The molecular weight excluding hydrogens is 319 g/mol. The summed E-state index contributed by atoms with van der Waals surface area (Å²) in [5.41, 5.74) is 2.68. The zero-order valence-electron chi connectivity index (χ0n) is 14.8. The van der Waals surface area contributed by atoms with Crippen molar-refractivity contribution < 1.29 is 13.9 Å². The van der Waals surface area contributed by atoms with Gasteiger partial charge in [-0.05, 0) is 61.2 Å². The molecule has 0 bridgehead atoms. The summed E-state index contributed by atoms with van der Waals surface area (Å²) in [6, 6.07) is 11.6. The summed E-state index contributed by atoms with van der Waals surface area (Å²) in [5, 5.41) is 5.64. The highest BCUT2D eigenvalue weighted by Gasteiger charge is 2.05. The Morgan fingerprint density at radius 1 is 1.16 bits per heavy atom. The van der Waals surface area contributed by atoms with E-state index in [1.54, 1.807) is 12.1 Å². The van der Waals surface area contributed by atoms with Crippen LogP contribution in [0.2, 0.25) is 0 Å². The number of benzene rings is 2. The molecule has 0 saturated heterocycles. The van der Waals surface area contributed by atoms with Crippen LogP contribution < -0.4 is 15.4 Å². The minimum absolute atomic E-state index is 0.257. The topological polar surface area (TPSA) is 50.4 Å². The van der Waals surface area contributed by atoms with E-state index in [4.69, 9.17) is 4.74 Å². The fourth-order valence-electron chi connectivity index (χ4n) is 2.34. The summed E-state index contributed by atoms with van der Waals surface area (Å²) in [7, 11) is 0. The number of unbranched alkanes of at least 4 members (excludes halogenated alkanes) is 1. The third-order valence-electron chi connectivity index (χ3n) is 3.83. The number of halogens is 1. The minimum Gasteiger partial charge on any atom is -0.494 e. The zero-order chi connectivity index (χ0) is 18.1. The second-order valence-corrected chi connectivity index (χ2v) is 5.94. The molecule has 0 aliphatic heterocycles. The minimum atomic E-state index is -0.259. The number of hydrogen-bond acceptors (Lipinski definition) is 2. The Kier molecular flexibility index (Phi) is 7.26. The van der Waals surface area contributed by atoms with Crippen LogP contribution in [-0.2, 0) is 6.42 Å². The van der Waals surface area contributed by atoms with Crippen LogP contribution in [0.1, 0.15) is 30.9 Å². The predicted octanol–water partition coefficient (Wildman–Crippen LogP) is 4.68. The molecule has 0 saturated carbocycles. The average Bonchev–Trinajstić information content (AvgIpc) is 2.59. The van der Waals surface area contributed by atoms with Crippen LogP contribution in [0.4, 0.5) is 14.9 Å². The maximum absolute atomic E-state index is 12.8. The molecule has 0 spiro atoms. The summed E-state index contributed by atoms with van der Waals surface area (Å²) < 4.78 is 18.5. The van der Waals surface area contributed by atoms with Gasteiger partial charge in [-0.15, -0.1) is 0 Å². The van der Waals surface area contributed by atoms with Crippen molar-refractivity contribution in [1.29, 1.82) is 0 Å². The van der Waals surface area contributed by atoms with Crippen LogP contribution >= 0.6 is 0 Å². The third-order valence-corrected chi connectivity index (χ3v) is 3.83. The lowest BCUT2D eigenvalue weighted by Crippen LogP contribution is -2.30. The van der Waals surface area contributed by atoms with E-state index in [2.05, 4.69) is 17.6 Å². The molecule has 0 aliphatic rings. The Bertz CT molecular complexity index is 687. The van der Waals surface area contributed by atoms with Crippen molar-refractivity contribution in [2.45, 2.75) is 33.1 Å². The van der Waals surface area contributed by atoms with Crippen molar-refractivity contribution in [1.82, 2.24) is 5.32 Å². The molecule has 134 valence electrons. The first-order valence-corrected chi connectivity index (χ1v) is 8.61. The van der Waals surface area contributed by atoms with Gasteiger partial charge in [0.25, 0.3) is 0 Å². The maximum atomic E-state index is 12.8. The van der Waals surface area contributed by atoms with Crippen LogP contribution in [0.25, 0.3) is 0 Å². The lowest BCUT2D eigenvalue weighted by molar-refractivity contribution is 0.252. The van der Waals surface area contributed by atoms with E-state index in [9.17, 15) is 9.18 Å². The summed E-state index contributed by atoms with van der Waals surface area (Å²) in [6.07, 6.45) is 2.77. The standard InChI is InChI=1S/C20H25FN2O2/c1-3-4-13-25-18-9-10-19(15(2)14-18)23-20(24)22-12-11-16-5-7-17(21)8-6-16/h5-10,14H,3-4,11-13H2,1-2H3,(H2,22,23,24). The van der Waals surface area contributed by atoms with E-state index in [0.29, 0.717) is 19.6 Å². The molecule has 0 heterocycles. The number of aryl methyl sites for hydroxylation is 1. The van der Waals surface area contributed by atoms with E-state index in [-0.39, 0.29) is 11.8 Å². The van der Waals surface area contributed by atoms with Gasteiger partial charge in [-0.2, -0.15) is 0 Å². The molecule has 2 rings (SSSR count). The quantitative estimate of drug-likeness (QED) is 0.683. The van der Waals surface area contributed by atoms with Gasteiger partial charge in [0.2, 0.25) is 0 Å². The van der Waals surface area contributed by atoms with Crippen molar-refractivity contribution in [3.05, 3.63) is 59.4 Å². The fourth-order valence-corrected chi connectivity index (χ4v) is 2.34. The van der Waals surface area contributed by atoms with Gasteiger partial charge >= 0.3 is 6.03 Å². The molecule has 2 aromatic rings. The zero-order valence-corrected chi connectivity index (χ0v) is 14.8. The Balaban J connectivity index is 1.78. The summed E-state index contributed by atoms with van der Waals surface area (Å²) in [4.78, 5) is 12.0. The second kappa shape index (κ2) is 9.67. The molecule has 0 unspecified atom stereocenters. The van der Waals surface area contributed by atoms with E-state index < -0.39 is 0 Å². The van der Waals surface area contributed by atoms with E-state index in [0.717, 1.165) is 35.4 Å². The molecule has 0 aromatic heterocycles. The molecule has 2 amide bonds. The van der Waals surface area contributed by atoms with Crippen molar-refractivity contribution in [3.8, 4) is 5.75 Å². The van der Waals surface area contributed by atoms with Crippen LogP contribution in [0.15, 0.2) is 42.5 Å². The number of carbonyl (C=O) groups is 1. The molecular formula is C20H25FN2O2. The van der Waals surface area contributed by atoms with Gasteiger partial charge in [0, 0.05) is 12.2 Å². The molecule has 2 N–H and O–H groups in total. The van der Waals surface area contributed by atoms with Gasteiger partial charge in [-0.25, -0.2) is 9.18 Å². The Labute approximate surface area is 148 Å². The first-order chi connectivity index (χ1) is 12.1. The van der Waals surface area contributed by atoms with Crippen molar-refractivity contribution in [2.24, 2.45) is 0 Å². The Hall–Kier alpha value is -2.56. The highest BCUT2D eigenvalue weighted by Crippen LogP contribution is 2.21. The van der Waals surface area contributed by atoms with Gasteiger partial charge in [0.1, 0.15) is 11.6 Å². The summed E-state index contributed by atoms with van der Waals surface area (Å²) >= 11 is 0. The first-order valence-electron chi connectivity index (χ1n) is 8.61. The Morgan fingerprint density at radius 3 is 2.60 bits per heavy atom. The molecule has 0 atom stereocenters. The highest BCUT2D eigenvalue weighted by atomic mass is 19.1. The number of hydrogen-bond donors (Lipinski definition) is 2. The highest BCUT2D eigenvalue weighted by molar-refractivity contribution is 5.90. The number of urea groups is 1. The first kappa shape index (κ1) is 18.8. The van der Waals surface area contributed by atoms with Crippen LogP contribution in [-0.4, -0.2) is 19.2 Å². The molecule has 4 nitrogen and oxygen atoms in total. The van der Waals surface area contributed by atoms with Crippen molar-refractivity contribution in [2.75, 3.05) is 18.5 Å². The van der Waals surface area contributed by atoms with Crippen molar-refractivity contribution in [3.63, 3.8) is 0 Å². The van der Waals surface area contributed by atoms with E-state index in [1.807, 2.05) is 25.1 Å². The number of amides is 2. The Morgan fingerprint density at radius 2 is 1.92 bits per heavy atom. The van der Waals surface area contributed by atoms with Crippen LogP contribution in [0, 0.1) is 12.7 Å². The maximum Gasteiger partial charge on any atom is 0.319 e. The predicted molar refractivity (Wildman–Crippen MR) is 98.7 cm³/mol. The van der Waals surface area contributed by atoms with Crippen LogP contribution in [0.5, 0.6) is 5.75 Å². The number of ether oxygens (including phenoxy) is 1. The lowest BCUT2D eigenvalue weighted by atomic mass is 10.1. The number of carbonyl (C=O) groups excluding carboxylic acids is 1. The summed E-state index contributed by atoms with van der Waals surface area (Å²) in [6.45, 7) is 5.23. The molecule has 2 aromatic carbocycles. The molecule has 0 aliphatic carbocycles. The number of rotatable bonds is 8. The monoisotopic (exact) mass is 344 g/mol.